The maximum Gasteiger partial charge on any atom is 0.341 e. The summed E-state index contributed by atoms with van der Waals surface area (Å²) in [6.07, 6.45) is 4.04. The highest BCUT2D eigenvalue weighted by Crippen LogP contribution is 2.33. The molecule has 2 saturated heterocycles. The van der Waals surface area contributed by atoms with Crippen LogP contribution in [0.5, 0.6) is 0 Å². The second kappa shape index (κ2) is 13.7. The fourth-order valence-electron chi connectivity index (χ4n) is 6.80. The smallest absolute Gasteiger partial charge is 0.341 e. The number of piperazine rings is 2. The van der Waals surface area contributed by atoms with E-state index in [2.05, 4.69) is 10.6 Å². The zero-order valence-corrected chi connectivity index (χ0v) is 26.6. The molecule has 0 saturated carbocycles. The van der Waals surface area contributed by atoms with Gasteiger partial charge in [0.1, 0.15) is 28.9 Å². The predicted molar refractivity (Wildman–Crippen MR) is 179 cm³/mol. The molecule has 12 nitrogen and oxygen atoms in total. The van der Waals surface area contributed by atoms with Gasteiger partial charge in [-0.3, -0.25) is 9.59 Å². The van der Waals surface area contributed by atoms with Crippen LogP contribution in [0.15, 0.2) is 46.2 Å². The summed E-state index contributed by atoms with van der Waals surface area (Å²) in [5.41, 5.74) is -1.92. The van der Waals surface area contributed by atoms with E-state index in [-0.39, 0.29) is 33.2 Å². The fraction of sp³-hybridized carbons (Fsp3) is 0.412. The zero-order chi connectivity index (χ0) is 34.1. The molecule has 2 aliphatic heterocycles. The van der Waals surface area contributed by atoms with Crippen molar-refractivity contribution in [3.63, 3.8) is 0 Å². The molecule has 254 valence electrons. The number of nitrogens with zero attached hydrogens (tertiary/aromatic N) is 4. The third kappa shape index (κ3) is 6.13. The van der Waals surface area contributed by atoms with Crippen molar-refractivity contribution < 1.29 is 28.6 Å². The number of unbranched alkanes of at least 4 members (excludes halogenated alkanes) is 2. The summed E-state index contributed by atoms with van der Waals surface area (Å²) in [7, 11) is 0. The lowest BCUT2D eigenvalue weighted by Gasteiger charge is -2.32. The quantitative estimate of drug-likeness (QED) is 0.186. The maximum atomic E-state index is 15.7. The van der Waals surface area contributed by atoms with Gasteiger partial charge in [0.05, 0.1) is 22.4 Å². The number of anilines is 2. The lowest BCUT2D eigenvalue weighted by molar-refractivity contribution is 0.0684. The molecule has 2 aromatic carbocycles. The van der Waals surface area contributed by atoms with Crippen molar-refractivity contribution in [2.45, 2.75) is 38.8 Å². The van der Waals surface area contributed by atoms with Gasteiger partial charge in [-0.05, 0) is 37.1 Å². The molecule has 0 atom stereocenters. The van der Waals surface area contributed by atoms with Crippen LogP contribution >= 0.6 is 0 Å². The van der Waals surface area contributed by atoms with Gasteiger partial charge in [0.15, 0.2) is 0 Å². The summed E-state index contributed by atoms with van der Waals surface area (Å²) in [4.78, 5) is 55.4. The molecule has 14 heteroatoms. The average Bonchev–Trinajstić information content (AvgIpc) is 3.08. The molecule has 0 bridgehead atoms. The Hall–Kier alpha value is -4.82. The largest absolute Gasteiger partial charge is 0.477 e. The monoisotopic (exact) mass is 664 g/mol. The normalized spacial score (nSPS) is 15.5. The molecule has 2 aromatic heterocycles. The van der Waals surface area contributed by atoms with Gasteiger partial charge >= 0.3 is 11.9 Å². The van der Waals surface area contributed by atoms with Gasteiger partial charge in [0, 0.05) is 75.5 Å². The van der Waals surface area contributed by atoms with E-state index in [9.17, 15) is 29.4 Å². The van der Waals surface area contributed by atoms with E-state index >= 15 is 8.78 Å². The van der Waals surface area contributed by atoms with Crippen LogP contribution in [0.2, 0.25) is 0 Å². The summed E-state index contributed by atoms with van der Waals surface area (Å²) in [5, 5.41) is 26.3. The Morgan fingerprint density at radius 1 is 0.729 bits per heavy atom. The van der Waals surface area contributed by atoms with Crippen LogP contribution in [0.3, 0.4) is 0 Å². The van der Waals surface area contributed by atoms with Crippen LogP contribution in [0.1, 0.15) is 59.5 Å². The summed E-state index contributed by atoms with van der Waals surface area (Å²) in [5.74, 6) is -4.35. The minimum atomic E-state index is -1.51. The molecule has 2 aliphatic rings. The van der Waals surface area contributed by atoms with E-state index in [1.54, 1.807) is 9.13 Å². The van der Waals surface area contributed by atoms with Crippen molar-refractivity contribution in [3.05, 3.63) is 79.9 Å². The SMILES string of the molecule is CCCCCC(n1cc(C(=O)O)c(=O)c2cc(F)c(N3CCNCC3)cc21)n1cc(C(=O)O)c(=O)c2cc(F)c(N3CCNCC3)cc21. The number of aromatic nitrogens is 2. The lowest BCUT2D eigenvalue weighted by atomic mass is 10.1. The maximum absolute atomic E-state index is 15.7. The minimum Gasteiger partial charge on any atom is -0.477 e. The Morgan fingerprint density at radius 3 is 1.52 bits per heavy atom. The first-order valence-corrected chi connectivity index (χ1v) is 16.3. The van der Waals surface area contributed by atoms with Crippen molar-refractivity contribution in [1.82, 2.24) is 19.8 Å². The van der Waals surface area contributed by atoms with Crippen LogP contribution in [-0.4, -0.2) is 83.6 Å². The van der Waals surface area contributed by atoms with Gasteiger partial charge in [-0.2, -0.15) is 0 Å². The molecule has 0 radical (unpaired) electrons. The number of aromatic carboxylic acids is 2. The summed E-state index contributed by atoms with van der Waals surface area (Å²) < 4.78 is 34.5. The van der Waals surface area contributed by atoms with E-state index in [1.165, 1.54) is 24.5 Å². The Bertz CT molecular complexity index is 1880. The number of halogens is 2. The first-order valence-electron chi connectivity index (χ1n) is 16.3. The molecule has 4 aromatic rings. The zero-order valence-electron chi connectivity index (χ0n) is 26.6. The highest BCUT2D eigenvalue weighted by Gasteiger charge is 2.27. The van der Waals surface area contributed by atoms with Crippen LogP contribution < -0.4 is 31.3 Å². The van der Waals surface area contributed by atoms with E-state index in [0.29, 0.717) is 65.2 Å². The molecule has 0 aliphatic carbocycles. The Morgan fingerprint density at radius 2 is 1.15 bits per heavy atom. The number of carboxylic acid groups (broad SMARTS) is 2. The third-order valence-corrected chi connectivity index (χ3v) is 9.29. The number of carbonyl (C=O) groups is 2. The third-order valence-electron chi connectivity index (χ3n) is 9.29. The van der Waals surface area contributed by atoms with Crippen LogP contribution in [-0.2, 0) is 0 Å². The molecule has 0 unspecified atom stereocenters. The molecule has 6 rings (SSSR count). The van der Waals surface area contributed by atoms with E-state index in [4.69, 9.17) is 0 Å². The average molecular weight is 665 g/mol. The van der Waals surface area contributed by atoms with Gasteiger partial charge in [0.25, 0.3) is 0 Å². The van der Waals surface area contributed by atoms with Gasteiger partial charge < -0.3 is 39.8 Å². The predicted octanol–water partition coefficient (Wildman–Crippen LogP) is 3.44. The topological polar surface area (TPSA) is 149 Å². The van der Waals surface area contributed by atoms with Crippen molar-refractivity contribution in [2.75, 3.05) is 62.2 Å². The second-order valence-corrected chi connectivity index (χ2v) is 12.3. The Balaban J connectivity index is 1.68. The van der Waals surface area contributed by atoms with Crippen LogP contribution in [0, 0.1) is 11.6 Å². The number of hydrogen-bond donors (Lipinski definition) is 4. The molecule has 4 N–H and O–H groups in total. The molecule has 48 heavy (non-hydrogen) atoms. The summed E-state index contributed by atoms with van der Waals surface area (Å²) >= 11 is 0. The standard InChI is InChI=1S/C34H38F2N6O6/c1-2-3-4-5-30(41-18-22(33(45)46)31(43)20-14-24(35)28(16-26(20)41)39-10-6-37-7-11-39)42-19-23(34(47)48)32(44)21-15-25(36)29(17-27(21)42)40-12-8-38-9-13-40/h14-19,30,37-38H,2-13H2,1H3,(H,45,46)(H,47,48). The number of rotatable bonds is 10. The van der Waals surface area contributed by atoms with E-state index in [1.807, 2.05) is 16.7 Å². The van der Waals surface area contributed by atoms with E-state index < -0.39 is 51.7 Å². The molecular formula is C34H38F2N6O6. The van der Waals surface area contributed by atoms with Crippen LogP contribution in [0.25, 0.3) is 21.8 Å². The van der Waals surface area contributed by atoms with Crippen LogP contribution in [0.4, 0.5) is 20.2 Å². The van der Waals surface area contributed by atoms with Crippen molar-refractivity contribution in [3.8, 4) is 0 Å². The lowest BCUT2D eigenvalue weighted by Crippen LogP contribution is -2.44. The molecular weight excluding hydrogens is 626 g/mol. The van der Waals surface area contributed by atoms with Crippen molar-refractivity contribution >= 4 is 45.1 Å². The first kappa shape index (κ1) is 33.1. The molecule has 2 fully saturated rings. The van der Waals surface area contributed by atoms with Crippen molar-refractivity contribution in [2.24, 2.45) is 0 Å². The fourth-order valence-corrected chi connectivity index (χ4v) is 6.80. The number of benzene rings is 2. The number of nitrogens with one attached hydrogen (secondary N) is 2. The number of pyridine rings is 2. The second-order valence-electron chi connectivity index (χ2n) is 12.3. The van der Waals surface area contributed by atoms with Crippen molar-refractivity contribution in [1.29, 1.82) is 0 Å². The number of carboxylic acids is 2. The van der Waals surface area contributed by atoms with Gasteiger partial charge in [-0.25, -0.2) is 18.4 Å². The first-order chi connectivity index (χ1) is 23.1. The highest BCUT2D eigenvalue weighted by atomic mass is 19.1. The summed E-state index contributed by atoms with van der Waals surface area (Å²) in [6, 6.07) is 5.19. The van der Waals surface area contributed by atoms with Gasteiger partial charge in [-0.15, -0.1) is 0 Å². The molecule has 0 amide bonds. The minimum absolute atomic E-state index is 0.150. The highest BCUT2D eigenvalue weighted by molar-refractivity contribution is 5.95. The Kier molecular flexibility index (Phi) is 9.47. The number of fused-ring (bicyclic) bond motifs is 2. The Labute approximate surface area is 274 Å². The van der Waals surface area contributed by atoms with E-state index in [0.717, 1.165) is 25.0 Å². The number of hydrogen-bond acceptors (Lipinski definition) is 8. The summed E-state index contributed by atoms with van der Waals surface area (Å²) in [6.45, 7) is 6.52. The molecule has 0 spiro atoms. The van der Waals surface area contributed by atoms with Gasteiger partial charge in [-0.1, -0.05) is 19.8 Å². The molecule has 4 heterocycles. The van der Waals surface area contributed by atoms with Gasteiger partial charge in [0.2, 0.25) is 10.9 Å².